The molecular formula is C32H38N4O2. The number of carbonyl (C=O) groups excluding carboxylic acids is 1. The molecule has 2 N–H and O–H groups in total. The first kappa shape index (κ1) is 25.1. The largest absolute Gasteiger partial charge is 0.493 e. The third kappa shape index (κ3) is 4.11. The fourth-order valence-corrected chi connectivity index (χ4v) is 6.43. The van der Waals surface area contributed by atoms with E-state index in [0.29, 0.717) is 6.04 Å². The Labute approximate surface area is 225 Å². The highest BCUT2D eigenvalue weighted by Crippen LogP contribution is 2.47. The van der Waals surface area contributed by atoms with E-state index >= 15 is 0 Å². The maximum absolute atomic E-state index is 12.7. The average molecular weight is 511 g/mol. The molecule has 0 saturated carbocycles. The van der Waals surface area contributed by atoms with Gasteiger partial charge in [-0.1, -0.05) is 33.4 Å². The van der Waals surface area contributed by atoms with Gasteiger partial charge < -0.3 is 20.3 Å². The standard InChI is InChI=1S/C30H32N4O2.C2H6/c1-17-22-13-27-30-25(16-34(27)18(2)21(22)4-3-5-28(17)35)24(15-32-20-6-9-31-10-7-20)23-14-29-19(8-11-36-29)12-26(23)33-30;1-2/h3,5,12-14,17,20,31-32H,2,4,6-11,15-16H2,1H3;1-2H3. The van der Waals surface area contributed by atoms with Crippen LogP contribution < -0.4 is 15.4 Å². The van der Waals surface area contributed by atoms with Gasteiger partial charge in [-0.15, -0.1) is 0 Å². The van der Waals surface area contributed by atoms with Crippen molar-refractivity contribution in [2.24, 2.45) is 5.92 Å². The van der Waals surface area contributed by atoms with Gasteiger partial charge in [0.15, 0.2) is 5.78 Å². The lowest BCUT2D eigenvalue weighted by Crippen LogP contribution is -2.39. The minimum Gasteiger partial charge on any atom is -0.493 e. The SMILES string of the molecule is C=C1C2=C(C=C3c4nc5cc6c(cc5c(CNC5CCNCC5)c4CN13)OCC6)C(C)C(=O)C=CC2.CC. The Kier molecular flexibility index (Phi) is 6.70. The van der Waals surface area contributed by atoms with Crippen LogP contribution in [0.5, 0.6) is 5.75 Å². The minimum absolute atomic E-state index is 0.158. The van der Waals surface area contributed by atoms with Crippen LogP contribution in [0.4, 0.5) is 0 Å². The van der Waals surface area contributed by atoms with Gasteiger partial charge >= 0.3 is 0 Å². The van der Waals surface area contributed by atoms with Crippen LogP contribution in [0.3, 0.4) is 0 Å². The van der Waals surface area contributed by atoms with Gasteiger partial charge in [0.1, 0.15) is 5.75 Å². The smallest absolute Gasteiger partial charge is 0.162 e. The van der Waals surface area contributed by atoms with Gasteiger partial charge in [0, 0.05) is 41.6 Å². The predicted octanol–water partition coefficient (Wildman–Crippen LogP) is 5.18. The monoisotopic (exact) mass is 510 g/mol. The number of aromatic nitrogens is 1. The number of nitrogens with zero attached hydrogens (tertiary/aromatic N) is 2. The summed E-state index contributed by atoms with van der Waals surface area (Å²) in [5, 5.41) is 8.50. The van der Waals surface area contributed by atoms with Gasteiger partial charge in [-0.05, 0) is 78.9 Å². The van der Waals surface area contributed by atoms with E-state index in [2.05, 4.69) is 40.3 Å². The van der Waals surface area contributed by atoms with Crippen LogP contribution in [0.1, 0.15) is 62.4 Å². The highest BCUT2D eigenvalue weighted by molar-refractivity contribution is 5.96. The number of benzene rings is 1. The first-order chi connectivity index (χ1) is 18.6. The second-order valence-corrected chi connectivity index (χ2v) is 10.6. The van der Waals surface area contributed by atoms with Crippen LogP contribution in [0.15, 0.2) is 53.8 Å². The summed E-state index contributed by atoms with van der Waals surface area (Å²) in [5.74, 6) is 0.987. The van der Waals surface area contributed by atoms with Crippen molar-refractivity contribution in [3.63, 3.8) is 0 Å². The fraction of sp³-hybridized carbons (Fsp3) is 0.438. The average Bonchev–Trinajstić information content (AvgIpc) is 3.52. The molecule has 0 spiro atoms. The molecule has 1 aromatic carbocycles. The van der Waals surface area contributed by atoms with E-state index in [-0.39, 0.29) is 11.7 Å². The number of pyridine rings is 1. The molecule has 1 atom stereocenters. The molecule has 198 valence electrons. The van der Waals surface area contributed by atoms with Crippen molar-refractivity contribution >= 4 is 22.4 Å². The van der Waals surface area contributed by atoms with E-state index < -0.39 is 0 Å². The molecule has 6 heteroatoms. The topological polar surface area (TPSA) is 66.5 Å². The Balaban J connectivity index is 0.00000129. The first-order valence-corrected chi connectivity index (χ1v) is 14.3. The van der Waals surface area contributed by atoms with Crippen molar-refractivity contribution in [2.75, 3.05) is 19.7 Å². The zero-order valence-corrected chi connectivity index (χ0v) is 22.8. The van der Waals surface area contributed by atoms with Gasteiger partial charge in [0.05, 0.1) is 30.1 Å². The first-order valence-electron chi connectivity index (χ1n) is 14.3. The molecule has 1 unspecified atom stereocenters. The summed E-state index contributed by atoms with van der Waals surface area (Å²) in [7, 11) is 0. The van der Waals surface area contributed by atoms with Gasteiger partial charge in [0.25, 0.3) is 0 Å². The Morgan fingerprint density at radius 2 is 2.05 bits per heavy atom. The summed E-state index contributed by atoms with van der Waals surface area (Å²) < 4.78 is 5.95. The third-order valence-corrected chi connectivity index (χ3v) is 8.58. The number of allylic oxidation sites excluding steroid dienone is 5. The minimum atomic E-state index is -0.170. The summed E-state index contributed by atoms with van der Waals surface area (Å²) in [6.07, 6.45) is 9.89. The molecule has 1 saturated heterocycles. The van der Waals surface area contributed by atoms with Crippen molar-refractivity contribution in [2.45, 2.75) is 65.6 Å². The van der Waals surface area contributed by atoms with Crippen molar-refractivity contribution < 1.29 is 9.53 Å². The lowest BCUT2D eigenvalue weighted by molar-refractivity contribution is -0.116. The molecule has 1 aliphatic carbocycles. The number of rotatable bonds is 3. The van der Waals surface area contributed by atoms with Crippen molar-refractivity contribution in [1.82, 2.24) is 20.5 Å². The number of ketones is 1. The zero-order chi connectivity index (χ0) is 26.4. The van der Waals surface area contributed by atoms with Crippen LogP contribution in [-0.2, 0) is 24.3 Å². The molecule has 4 aliphatic heterocycles. The van der Waals surface area contributed by atoms with E-state index in [0.717, 1.165) is 92.4 Å². The van der Waals surface area contributed by atoms with Gasteiger partial charge in [-0.2, -0.15) is 0 Å². The Bertz CT molecular complexity index is 1410. The summed E-state index contributed by atoms with van der Waals surface area (Å²) >= 11 is 0. The van der Waals surface area contributed by atoms with Crippen LogP contribution in [0.2, 0.25) is 0 Å². The van der Waals surface area contributed by atoms with Gasteiger partial charge in [-0.3, -0.25) is 4.79 Å². The Hall–Kier alpha value is -3.22. The molecule has 0 amide bonds. The fourth-order valence-electron chi connectivity index (χ4n) is 6.43. The molecule has 6 nitrogen and oxygen atoms in total. The predicted molar refractivity (Wildman–Crippen MR) is 153 cm³/mol. The third-order valence-electron chi connectivity index (χ3n) is 8.58. The van der Waals surface area contributed by atoms with Crippen LogP contribution in [-0.4, -0.2) is 41.4 Å². The Morgan fingerprint density at radius 3 is 2.87 bits per heavy atom. The Morgan fingerprint density at radius 1 is 1.24 bits per heavy atom. The molecular weight excluding hydrogens is 472 g/mol. The molecule has 1 aromatic heterocycles. The number of carbonyl (C=O) groups is 1. The number of ether oxygens (including phenoxy) is 1. The molecule has 0 radical (unpaired) electrons. The zero-order valence-electron chi connectivity index (χ0n) is 22.8. The number of piperidine rings is 1. The number of hydrogen-bond donors (Lipinski definition) is 2. The van der Waals surface area contributed by atoms with Crippen LogP contribution in [0.25, 0.3) is 16.6 Å². The summed E-state index contributed by atoms with van der Waals surface area (Å²) in [4.78, 5) is 20.2. The molecule has 2 aromatic rings. The molecule has 5 aliphatic rings. The quantitative estimate of drug-likeness (QED) is 0.593. The molecule has 5 heterocycles. The van der Waals surface area contributed by atoms with Gasteiger partial charge in [0.2, 0.25) is 0 Å². The molecule has 0 bridgehead atoms. The summed E-state index contributed by atoms with van der Waals surface area (Å²) in [6.45, 7) is 15.0. The summed E-state index contributed by atoms with van der Waals surface area (Å²) in [6, 6.07) is 4.95. The number of hydrogen-bond acceptors (Lipinski definition) is 6. The van der Waals surface area contributed by atoms with E-state index in [4.69, 9.17) is 9.72 Å². The second-order valence-electron chi connectivity index (χ2n) is 10.6. The van der Waals surface area contributed by atoms with Crippen molar-refractivity contribution in [1.29, 1.82) is 0 Å². The molecule has 38 heavy (non-hydrogen) atoms. The van der Waals surface area contributed by atoms with Crippen molar-refractivity contribution in [3.8, 4) is 5.75 Å². The lowest BCUT2D eigenvalue weighted by atomic mass is 9.88. The normalized spacial score (nSPS) is 22.2. The van der Waals surface area contributed by atoms with Gasteiger partial charge in [-0.25, -0.2) is 4.98 Å². The summed E-state index contributed by atoms with van der Waals surface area (Å²) in [5.41, 5.74) is 10.2. The number of fused-ring (bicyclic) bond motifs is 5. The molecule has 7 rings (SSSR count). The highest BCUT2D eigenvalue weighted by atomic mass is 16.5. The second kappa shape index (κ2) is 10.2. The van der Waals surface area contributed by atoms with E-state index in [1.54, 1.807) is 6.08 Å². The maximum Gasteiger partial charge on any atom is 0.162 e. The van der Waals surface area contributed by atoms with Crippen LogP contribution in [0, 0.1) is 5.92 Å². The lowest BCUT2D eigenvalue weighted by Gasteiger charge is -2.31. The molecule has 1 fully saturated rings. The number of nitrogens with one attached hydrogen (secondary N) is 2. The highest BCUT2D eigenvalue weighted by Gasteiger charge is 2.37. The van der Waals surface area contributed by atoms with Crippen molar-refractivity contribution in [3.05, 3.63) is 76.2 Å². The van der Waals surface area contributed by atoms with Crippen LogP contribution >= 0.6 is 0 Å². The van der Waals surface area contributed by atoms with E-state index in [1.165, 1.54) is 27.6 Å². The van der Waals surface area contributed by atoms with E-state index in [1.807, 2.05) is 26.8 Å². The van der Waals surface area contributed by atoms with E-state index in [9.17, 15) is 4.79 Å². The maximum atomic E-state index is 12.7.